The fraction of sp³-hybridized carbons (Fsp3) is 0.588. The first-order valence-corrected chi connectivity index (χ1v) is 7.54. The maximum absolute atomic E-state index is 11.6. The Labute approximate surface area is 121 Å². The van der Waals surface area contributed by atoms with Gasteiger partial charge in [-0.15, -0.1) is 0 Å². The van der Waals surface area contributed by atoms with E-state index >= 15 is 0 Å². The van der Waals surface area contributed by atoms with Crippen molar-refractivity contribution in [3.8, 4) is 5.75 Å². The minimum Gasteiger partial charge on any atom is -0.494 e. The van der Waals surface area contributed by atoms with Gasteiger partial charge in [0.05, 0.1) is 12.0 Å². The molecule has 0 aromatic heterocycles. The van der Waals surface area contributed by atoms with Crippen molar-refractivity contribution in [1.82, 2.24) is 0 Å². The Bertz CT molecular complexity index is 429. The lowest BCUT2D eigenvalue weighted by Crippen LogP contribution is -2.36. The Balaban J connectivity index is 1.82. The molecule has 0 heterocycles. The molecule has 2 atom stereocenters. The van der Waals surface area contributed by atoms with Crippen molar-refractivity contribution in [1.29, 1.82) is 0 Å². The first-order valence-electron chi connectivity index (χ1n) is 7.54. The summed E-state index contributed by atoms with van der Waals surface area (Å²) in [6, 6.07) is 9.69. The average molecular weight is 276 g/mol. The highest BCUT2D eigenvalue weighted by molar-refractivity contribution is 5.74. The molecule has 1 saturated carbocycles. The van der Waals surface area contributed by atoms with Crippen LogP contribution in [0.1, 0.15) is 45.4 Å². The van der Waals surface area contributed by atoms with Gasteiger partial charge in [0.2, 0.25) is 0 Å². The number of carboxylic acids is 1. The van der Waals surface area contributed by atoms with Crippen LogP contribution in [-0.2, 0) is 4.79 Å². The second-order valence-electron chi connectivity index (χ2n) is 6.05. The van der Waals surface area contributed by atoms with Crippen LogP contribution in [0, 0.1) is 11.3 Å². The van der Waals surface area contributed by atoms with Gasteiger partial charge in [-0.05, 0) is 43.7 Å². The molecule has 110 valence electrons. The number of para-hydroxylation sites is 1. The van der Waals surface area contributed by atoms with Crippen molar-refractivity contribution in [3.63, 3.8) is 0 Å². The van der Waals surface area contributed by atoms with Crippen molar-refractivity contribution in [3.05, 3.63) is 30.3 Å². The summed E-state index contributed by atoms with van der Waals surface area (Å²) >= 11 is 0. The second kappa shape index (κ2) is 6.78. The lowest BCUT2D eigenvalue weighted by Gasteiger charge is -2.36. The SMILES string of the molecule is CC1CCCC(CCCOc2ccccc2)(C(=O)O)C1. The van der Waals surface area contributed by atoms with Gasteiger partial charge in [0, 0.05) is 0 Å². The summed E-state index contributed by atoms with van der Waals surface area (Å²) in [5, 5.41) is 9.58. The summed E-state index contributed by atoms with van der Waals surface area (Å²) in [5.41, 5.74) is -0.516. The maximum atomic E-state index is 11.6. The molecule has 1 aliphatic carbocycles. The van der Waals surface area contributed by atoms with Crippen LogP contribution in [0.25, 0.3) is 0 Å². The van der Waals surface area contributed by atoms with Crippen LogP contribution in [0.15, 0.2) is 30.3 Å². The van der Waals surface area contributed by atoms with Gasteiger partial charge in [0.15, 0.2) is 0 Å². The van der Waals surface area contributed by atoms with E-state index in [-0.39, 0.29) is 0 Å². The van der Waals surface area contributed by atoms with Crippen LogP contribution < -0.4 is 4.74 Å². The highest BCUT2D eigenvalue weighted by Crippen LogP contribution is 2.43. The fourth-order valence-electron chi connectivity index (χ4n) is 3.31. The van der Waals surface area contributed by atoms with Crippen LogP contribution in [0.4, 0.5) is 0 Å². The largest absolute Gasteiger partial charge is 0.494 e. The number of rotatable bonds is 6. The third kappa shape index (κ3) is 3.75. The summed E-state index contributed by atoms with van der Waals surface area (Å²) in [5.74, 6) is 0.757. The van der Waals surface area contributed by atoms with Gasteiger partial charge in [-0.1, -0.05) is 38.0 Å². The molecular weight excluding hydrogens is 252 g/mol. The van der Waals surface area contributed by atoms with Crippen molar-refractivity contribution >= 4 is 5.97 Å². The quantitative estimate of drug-likeness (QED) is 0.795. The molecule has 2 rings (SSSR count). The predicted octanol–water partition coefficient (Wildman–Crippen LogP) is 4.13. The van der Waals surface area contributed by atoms with E-state index in [1.54, 1.807) is 0 Å². The van der Waals surface area contributed by atoms with Crippen molar-refractivity contribution in [2.75, 3.05) is 6.61 Å². The third-order valence-electron chi connectivity index (χ3n) is 4.36. The Morgan fingerprint density at radius 1 is 1.40 bits per heavy atom. The molecule has 0 radical (unpaired) electrons. The van der Waals surface area contributed by atoms with Gasteiger partial charge in [-0.2, -0.15) is 0 Å². The van der Waals surface area contributed by atoms with Crippen molar-refractivity contribution < 1.29 is 14.6 Å². The van der Waals surface area contributed by atoms with Crippen LogP contribution in [-0.4, -0.2) is 17.7 Å². The summed E-state index contributed by atoms with van der Waals surface area (Å²) in [6.45, 7) is 2.75. The van der Waals surface area contributed by atoms with Crippen LogP contribution >= 0.6 is 0 Å². The minimum absolute atomic E-state index is 0.516. The minimum atomic E-state index is -0.622. The van der Waals surface area contributed by atoms with E-state index in [9.17, 15) is 9.90 Å². The van der Waals surface area contributed by atoms with E-state index in [0.717, 1.165) is 44.3 Å². The number of aliphatic carboxylic acids is 1. The molecule has 0 saturated heterocycles. The molecule has 0 aliphatic heterocycles. The zero-order chi connectivity index (χ0) is 14.4. The first kappa shape index (κ1) is 14.9. The Morgan fingerprint density at radius 3 is 2.80 bits per heavy atom. The van der Waals surface area contributed by atoms with Gasteiger partial charge in [0.1, 0.15) is 5.75 Å². The number of carbonyl (C=O) groups is 1. The first-order chi connectivity index (χ1) is 9.62. The van der Waals surface area contributed by atoms with Gasteiger partial charge >= 0.3 is 5.97 Å². The molecule has 1 aromatic carbocycles. The molecule has 1 fully saturated rings. The number of carboxylic acid groups (broad SMARTS) is 1. The molecule has 3 heteroatoms. The van der Waals surface area contributed by atoms with Gasteiger partial charge < -0.3 is 9.84 Å². The lowest BCUT2D eigenvalue weighted by atomic mass is 9.68. The Hall–Kier alpha value is -1.51. The molecule has 0 amide bonds. The monoisotopic (exact) mass is 276 g/mol. The summed E-state index contributed by atoms with van der Waals surface area (Å²) < 4.78 is 5.66. The molecule has 1 aliphatic rings. The van der Waals surface area contributed by atoms with Gasteiger partial charge in [-0.3, -0.25) is 4.79 Å². The zero-order valence-electron chi connectivity index (χ0n) is 12.2. The molecule has 2 unspecified atom stereocenters. The highest BCUT2D eigenvalue weighted by Gasteiger charge is 2.41. The van der Waals surface area contributed by atoms with Gasteiger partial charge in [0.25, 0.3) is 0 Å². The maximum Gasteiger partial charge on any atom is 0.309 e. The number of benzene rings is 1. The zero-order valence-corrected chi connectivity index (χ0v) is 12.2. The van der Waals surface area contributed by atoms with E-state index in [0.29, 0.717) is 12.5 Å². The van der Waals surface area contributed by atoms with E-state index in [1.165, 1.54) is 0 Å². The highest BCUT2D eigenvalue weighted by atomic mass is 16.5. The van der Waals surface area contributed by atoms with Gasteiger partial charge in [-0.25, -0.2) is 0 Å². The normalized spacial score (nSPS) is 26.1. The van der Waals surface area contributed by atoms with Crippen LogP contribution in [0.2, 0.25) is 0 Å². The number of ether oxygens (including phenoxy) is 1. The standard InChI is InChI=1S/C17H24O3/c1-14-7-5-10-17(13-14,16(18)19)11-6-12-20-15-8-3-2-4-9-15/h2-4,8-9,14H,5-7,10-13H2,1H3,(H,18,19). The molecule has 3 nitrogen and oxygen atoms in total. The molecule has 1 aromatic rings. The van der Waals surface area contributed by atoms with E-state index in [2.05, 4.69) is 6.92 Å². The molecule has 20 heavy (non-hydrogen) atoms. The number of hydrogen-bond donors (Lipinski definition) is 1. The molecule has 0 bridgehead atoms. The predicted molar refractivity (Wildman–Crippen MR) is 78.9 cm³/mol. The topological polar surface area (TPSA) is 46.5 Å². The Kier molecular flexibility index (Phi) is 5.05. The molecule has 1 N–H and O–H groups in total. The average Bonchev–Trinajstić information content (AvgIpc) is 2.45. The smallest absolute Gasteiger partial charge is 0.309 e. The second-order valence-corrected chi connectivity index (χ2v) is 6.05. The Morgan fingerprint density at radius 2 is 2.15 bits per heavy atom. The summed E-state index contributed by atoms with van der Waals surface area (Å²) in [4.78, 5) is 11.6. The summed E-state index contributed by atoms with van der Waals surface area (Å²) in [7, 11) is 0. The number of hydrogen-bond acceptors (Lipinski definition) is 2. The van der Waals surface area contributed by atoms with Crippen molar-refractivity contribution in [2.24, 2.45) is 11.3 Å². The molecule has 0 spiro atoms. The van der Waals surface area contributed by atoms with Crippen LogP contribution in [0.3, 0.4) is 0 Å². The summed E-state index contributed by atoms with van der Waals surface area (Å²) in [6.07, 6.45) is 5.35. The molecular formula is C17H24O3. The fourth-order valence-corrected chi connectivity index (χ4v) is 3.31. The van der Waals surface area contributed by atoms with E-state index in [4.69, 9.17) is 4.74 Å². The lowest BCUT2D eigenvalue weighted by molar-refractivity contribution is -0.152. The van der Waals surface area contributed by atoms with Crippen molar-refractivity contribution in [2.45, 2.75) is 45.4 Å². The van der Waals surface area contributed by atoms with Crippen LogP contribution in [0.5, 0.6) is 5.75 Å². The van der Waals surface area contributed by atoms with E-state index < -0.39 is 11.4 Å². The third-order valence-corrected chi connectivity index (χ3v) is 4.36. The van der Waals surface area contributed by atoms with E-state index in [1.807, 2.05) is 30.3 Å².